The lowest BCUT2D eigenvalue weighted by Gasteiger charge is -2.06. The number of aryl methyl sites for hydroxylation is 1. The smallest absolute Gasteiger partial charge is 0.401 e. The van der Waals surface area contributed by atoms with Crippen molar-refractivity contribution in [1.29, 1.82) is 0 Å². The molecule has 0 aliphatic carbocycles. The maximum Gasteiger partial charge on any atom is 0.516 e. The number of carbonyl (C=O) groups excluding carboxylic acids is 1. The van der Waals surface area contributed by atoms with Gasteiger partial charge in [-0.2, -0.15) is 0 Å². The summed E-state index contributed by atoms with van der Waals surface area (Å²) < 4.78 is 15.1. The summed E-state index contributed by atoms with van der Waals surface area (Å²) in [5, 5.41) is 0. The SMILES string of the molecule is CCCCCCCCc1cnc(-c2ccc(OC(=O)O[C@H]3O[C@@H]3C)cc2)nc1. The standard InChI is InChI=1S/C22H28N2O4/c1-3-4-5-6-7-8-9-17-14-23-20(24-15-17)18-10-12-19(13-11-18)27-22(25)28-21-16(2)26-21/h10-16,21H,3-9H2,1-2H3/t16-,21-/m1/s1. The van der Waals surface area contributed by atoms with Gasteiger partial charge in [0.15, 0.2) is 5.82 Å². The van der Waals surface area contributed by atoms with Crippen LogP contribution in [-0.2, 0) is 15.9 Å². The van der Waals surface area contributed by atoms with Gasteiger partial charge in [-0.15, -0.1) is 0 Å². The van der Waals surface area contributed by atoms with E-state index in [1.165, 1.54) is 44.1 Å². The molecular weight excluding hydrogens is 356 g/mol. The highest BCUT2D eigenvalue weighted by Crippen LogP contribution is 2.24. The molecule has 1 fully saturated rings. The quantitative estimate of drug-likeness (QED) is 0.239. The molecule has 3 rings (SSSR count). The van der Waals surface area contributed by atoms with Crippen LogP contribution in [0.2, 0.25) is 0 Å². The van der Waals surface area contributed by atoms with E-state index in [9.17, 15) is 4.79 Å². The van der Waals surface area contributed by atoms with E-state index in [2.05, 4.69) is 16.9 Å². The zero-order valence-electron chi connectivity index (χ0n) is 16.6. The number of ether oxygens (including phenoxy) is 3. The lowest BCUT2D eigenvalue weighted by atomic mass is 10.1. The predicted octanol–water partition coefficient (Wildman–Crippen LogP) is 5.31. The maximum atomic E-state index is 11.6. The molecule has 2 heterocycles. The minimum absolute atomic E-state index is 0.0592. The number of benzene rings is 1. The van der Waals surface area contributed by atoms with Gasteiger partial charge < -0.3 is 14.2 Å². The number of nitrogens with zero attached hydrogens (tertiary/aromatic N) is 2. The first-order chi connectivity index (χ1) is 13.7. The van der Waals surface area contributed by atoms with Gasteiger partial charge in [0.1, 0.15) is 11.9 Å². The summed E-state index contributed by atoms with van der Waals surface area (Å²) in [6.07, 6.45) is 11.2. The molecule has 0 saturated carbocycles. The third kappa shape index (κ3) is 6.30. The Balaban J connectivity index is 1.45. The molecule has 28 heavy (non-hydrogen) atoms. The van der Waals surface area contributed by atoms with Crippen molar-refractivity contribution in [1.82, 2.24) is 9.97 Å². The Morgan fingerprint density at radius 1 is 1.04 bits per heavy atom. The van der Waals surface area contributed by atoms with Crippen molar-refractivity contribution in [3.8, 4) is 17.1 Å². The highest BCUT2D eigenvalue weighted by Gasteiger charge is 2.39. The van der Waals surface area contributed by atoms with Crippen molar-refractivity contribution in [3.05, 3.63) is 42.2 Å². The van der Waals surface area contributed by atoms with E-state index in [0.29, 0.717) is 11.6 Å². The van der Waals surface area contributed by atoms with Crippen LogP contribution in [0.25, 0.3) is 11.4 Å². The minimum Gasteiger partial charge on any atom is -0.401 e. The number of hydrogen-bond donors (Lipinski definition) is 0. The molecule has 0 N–H and O–H groups in total. The Bertz CT molecular complexity index is 746. The van der Waals surface area contributed by atoms with Crippen molar-refractivity contribution >= 4 is 6.16 Å². The summed E-state index contributed by atoms with van der Waals surface area (Å²) in [7, 11) is 0. The monoisotopic (exact) mass is 384 g/mol. The predicted molar refractivity (Wildman–Crippen MR) is 106 cm³/mol. The molecule has 1 saturated heterocycles. The van der Waals surface area contributed by atoms with E-state index >= 15 is 0 Å². The van der Waals surface area contributed by atoms with Gasteiger partial charge in [-0.25, -0.2) is 14.8 Å². The molecule has 150 valence electrons. The zero-order chi connectivity index (χ0) is 19.8. The minimum atomic E-state index is -0.766. The number of hydrogen-bond acceptors (Lipinski definition) is 6. The normalized spacial score (nSPS) is 17.9. The van der Waals surface area contributed by atoms with Crippen molar-refractivity contribution in [2.75, 3.05) is 0 Å². The van der Waals surface area contributed by atoms with E-state index < -0.39 is 12.4 Å². The fourth-order valence-corrected chi connectivity index (χ4v) is 2.92. The lowest BCUT2D eigenvalue weighted by Crippen LogP contribution is -2.13. The van der Waals surface area contributed by atoms with E-state index in [1.54, 1.807) is 12.1 Å². The Kier molecular flexibility index (Phi) is 7.37. The third-order valence-electron chi connectivity index (χ3n) is 4.71. The van der Waals surface area contributed by atoms with E-state index in [-0.39, 0.29) is 6.10 Å². The first-order valence-corrected chi connectivity index (χ1v) is 10.1. The first-order valence-electron chi connectivity index (χ1n) is 10.1. The number of aromatic nitrogens is 2. The topological polar surface area (TPSA) is 73.8 Å². The maximum absolute atomic E-state index is 11.6. The molecule has 2 atom stereocenters. The highest BCUT2D eigenvalue weighted by atomic mass is 16.8. The van der Waals surface area contributed by atoms with Crippen molar-refractivity contribution in [3.63, 3.8) is 0 Å². The second kappa shape index (κ2) is 10.2. The Morgan fingerprint density at radius 2 is 1.68 bits per heavy atom. The molecule has 0 spiro atoms. The summed E-state index contributed by atoms with van der Waals surface area (Å²) >= 11 is 0. The molecule has 6 nitrogen and oxygen atoms in total. The molecule has 0 unspecified atom stereocenters. The Hall–Kier alpha value is -2.47. The summed E-state index contributed by atoms with van der Waals surface area (Å²) in [4.78, 5) is 20.5. The van der Waals surface area contributed by atoms with Crippen LogP contribution in [0.5, 0.6) is 5.75 Å². The molecule has 0 bridgehead atoms. The second-order valence-electron chi connectivity index (χ2n) is 7.14. The van der Waals surface area contributed by atoms with Crippen LogP contribution in [0.4, 0.5) is 4.79 Å². The van der Waals surface area contributed by atoms with Crippen molar-refractivity contribution < 1.29 is 19.0 Å². The molecule has 1 aliphatic rings. The fourth-order valence-electron chi connectivity index (χ4n) is 2.92. The summed E-state index contributed by atoms with van der Waals surface area (Å²) in [6.45, 7) is 4.06. The van der Waals surface area contributed by atoms with Gasteiger partial charge in [0.2, 0.25) is 6.29 Å². The van der Waals surface area contributed by atoms with Crippen LogP contribution in [0.3, 0.4) is 0 Å². The van der Waals surface area contributed by atoms with E-state index in [1.807, 2.05) is 31.5 Å². The van der Waals surface area contributed by atoms with Gasteiger partial charge >= 0.3 is 6.16 Å². The summed E-state index contributed by atoms with van der Waals surface area (Å²) in [5.41, 5.74) is 2.03. The summed E-state index contributed by atoms with van der Waals surface area (Å²) in [5.74, 6) is 1.06. The van der Waals surface area contributed by atoms with Gasteiger partial charge in [0, 0.05) is 18.0 Å². The lowest BCUT2D eigenvalue weighted by molar-refractivity contribution is 0.0562. The Labute approximate surface area is 166 Å². The van der Waals surface area contributed by atoms with Crippen molar-refractivity contribution in [2.24, 2.45) is 0 Å². The second-order valence-corrected chi connectivity index (χ2v) is 7.14. The molecular formula is C22H28N2O4. The van der Waals surface area contributed by atoms with E-state index in [4.69, 9.17) is 14.2 Å². The third-order valence-corrected chi connectivity index (χ3v) is 4.71. The number of epoxide rings is 1. The van der Waals surface area contributed by atoms with Gasteiger partial charge in [0.05, 0.1) is 0 Å². The molecule has 1 aliphatic heterocycles. The zero-order valence-corrected chi connectivity index (χ0v) is 16.6. The number of rotatable bonds is 10. The highest BCUT2D eigenvalue weighted by molar-refractivity contribution is 5.65. The van der Waals surface area contributed by atoms with Gasteiger partial charge in [-0.3, -0.25) is 0 Å². The molecule has 2 aromatic rings. The molecule has 0 amide bonds. The number of carbonyl (C=O) groups is 1. The van der Waals surface area contributed by atoms with Crippen LogP contribution >= 0.6 is 0 Å². The van der Waals surface area contributed by atoms with Gasteiger partial charge in [-0.1, -0.05) is 39.0 Å². The average Bonchev–Trinajstić information content (AvgIpc) is 3.40. The number of unbranched alkanes of at least 4 members (excludes halogenated alkanes) is 5. The molecule has 1 aromatic carbocycles. The molecule has 6 heteroatoms. The van der Waals surface area contributed by atoms with Crippen LogP contribution in [-0.4, -0.2) is 28.5 Å². The average molecular weight is 384 g/mol. The Morgan fingerprint density at radius 3 is 2.32 bits per heavy atom. The van der Waals surface area contributed by atoms with Gasteiger partial charge in [-0.05, 0) is 49.6 Å². The van der Waals surface area contributed by atoms with Crippen molar-refractivity contribution in [2.45, 2.75) is 71.2 Å². The van der Waals surface area contributed by atoms with Crippen LogP contribution in [0.1, 0.15) is 57.9 Å². The van der Waals surface area contributed by atoms with Crippen LogP contribution < -0.4 is 4.74 Å². The van der Waals surface area contributed by atoms with E-state index in [0.717, 1.165) is 12.0 Å². The largest absolute Gasteiger partial charge is 0.516 e. The molecule has 1 aromatic heterocycles. The summed E-state index contributed by atoms with van der Waals surface area (Å²) in [6, 6.07) is 7.03. The van der Waals surface area contributed by atoms with Crippen LogP contribution in [0.15, 0.2) is 36.7 Å². The molecule has 0 radical (unpaired) electrons. The fraction of sp³-hybridized carbons (Fsp3) is 0.500. The van der Waals surface area contributed by atoms with Crippen LogP contribution in [0, 0.1) is 0 Å². The van der Waals surface area contributed by atoms with Gasteiger partial charge in [0.25, 0.3) is 0 Å². The first kappa shape index (κ1) is 20.3.